The molecule has 0 unspecified atom stereocenters. The number of halogens is 4. The van der Waals surface area contributed by atoms with Crippen LogP contribution < -0.4 is 9.64 Å². The van der Waals surface area contributed by atoms with Gasteiger partial charge < -0.3 is 9.64 Å². The Hall–Kier alpha value is -0.990. The number of carbonyl (C=O) groups excluding carboxylic acids is 1. The molecule has 18 heavy (non-hydrogen) atoms. The molecular weight excluding hydrogens is 362 g/mol. The highest BCUT2D eigenvalue weighted by molar-refractivity contribution is 14.1. The van der Waals surface area contributed by atoms with Gasteiger partial charge in [-0.3, -0.25) is 4.79 Å². The summed E-state index contributed by atoms with van der Waals surface area (Å²) >= 11 is 2.07. The number of fused-ring (bicyclic) bond motifs is 1. The van der Waals surface area contributed by atoms with Crippen LogP contribution in [0.4, 0.5) is 18.9 Å². The van der Waals surface area contributed by atoms with E-state index in [0.717, 1.165) is 8.47 Å². The lowest BCUT2D eigenvalue weighted by molar-refractivity contribution is -0.134. The van der Waals surface area contributed by atoms with E-state index in [2.05, 4.69) is 22.6 Å². The van der Waals surface area contributed by atoms with Crippen molar-refractivity contribution < 1.29 is 22.7 Å². The summed E-state index contributed by atoms with van der Waals surface area (Å²) < 4.78 is 42.7. The zero-order valence-corrected chi connectivity index (χ0v) is 11.3. The molecule has 1 aromatic rings. The quantitative estimate of drug-likeness (QED) is 0.749. The fraction of sp³-hybridized carbons (Fsp3) is 0.364. The molecule has 7 heteroatoms. The fourth-order valence-electron chi connectivity index (χ4n) is 1.66. The van der Waals surface area contributed by atoms with Crippen molar-refractivity contribution in [1.29, 1.82) is 0 Å². The van der Waals surface area contributed by atoms with Crippen molar-refractivity contribution in [2.45, 2.75) is 12.6 Å². The number of anilines is 1. The Morgan fingerprint density at radius 3 is 2.78 bits per heavy atom. The molecule has 0 fully saturated rings. The van der Waals surface area contributed by atoms with Gasteiger partial charge >= 0.3 is 6.18 Å². The number of alkyl halides is 3. The van der Waals surface area contributed by atoms with E-state index in [0.29, 0.717) is 11.4 Å². The molecule has 1 aromatic carbocycles. The SMILES string of the molecule is O=C1COc2cc(I)ccc2N1CCC(F)(F)F. The number of hydrogen-bond donors (Lipinski definition) is 0. The molecule has 1 amide bonds. The summed E-state index contributed by atoms with van der Waals surface area (Å²) in [6, 6.07) is 5.02. The van der Waals surface area contributed by atoms with Crippen LogP contribution in [0.3, 0.4) is 0 Å². The van der Waals surface area contributed by atoms with Crippen LogP contribution in [0, 0.1) is 3.57 Å². The Balaban J connectivity index is 2.23. The molecule has 0 aromatic heterocycles. The van der Waals surface area contributed by atoms with Crippen molar-refractivity contribution in [3.63, 3.8) is 0 Å². The topological polar surface area (TPSA) is 29.5 Å². The van der Waals surface area contributed by atoms with Gasteiger partial charge in [0.05, 0.1) is 12.1 Å². The molecule has 1 aliphatic rings. The second-order valence-electron chi connectivity index (χ2n) is 3.81. The molecule has 0 bridgehead atoms. The second kappa shape index (κ2) is 4.94. The van der Waals surface area contributed by atoms with E-state index in [1.54, 1.807) is 18.2 Å². The predicted molar refractivity (Wildman–Crippen MR) is 67.7 cm³/mol. The predicted octanol–water partition coefficient (Wildman–Crippen LogP) is 2.97. The fourth-order valence-corrected chi connectivity index (χ4v) is 2.12. The molecule has 0 radical (unpaired) electrons. The molecule has 0 spiro atoms. The highest BCUT2D eigenvalue weighted by Gasteiger charge is 2.32. The van der Waals surface area contributed by atoms with Crippen molar-refractivity contribution in [3.8, 4) is 5.75 Å². The molecule has 1 heterocycles. The van der Waals surface area contributed by atoms with Crippen LogP contribution in [0.15, 0.2) is 18.2 Å². The minimum atomic E-state index is -4.28. The third-order valence-electron chi connectivity index (χ3n) is 2.48. The molecule has 3 nitrogen and oxygen atoms in total. The van der Waals surface area contributed by atoms with E-state index in [1.165, 1.54) is 0 Å². The number of benzene rings is 1. The summed E-state index contributed by atoms with van der Waals surface area (Å²) in [7, 11) is 0. The monoisotopic (exact) mass is 371 g/mol. The molecule has 98 valence electrons. The number of hydrogen-bond acceptors (Lipinski definition) is 2. The normalized spacial score (nSPS) is 15.3. The largest absolute Gasteiger partial charge is 0.482 e. The summed E-state index contributed by atoms with van der Waals surface area (Å²) in [5, 5.41) is 0. The first kappa shape index (κ1) is 13.4. The van der Waals surface area contributed by atoms with Crippen molar-refractivity contribution in [3.05, 3.63) is 21.8 Å². The van der Waals surface area contributed by atoms with E-state index in [4.69, 9.17) is 4.74 Å². The maximum Gasteiger partial charge on any atom is 0.390 e. The average Bonchev–Trinajstić information content (AvgIpc) is 2.26. The Morgan fingerprint density at radius 1 is 1.39 bits per heavy atom. The van der Waals surface area contributed by atoms with Gasteiger partial charge in [-0.15, -0.1) is 0 Å². The van der Waals surface area contributed by atoms with Gasteiger partial charge in [-0.1, -0.05) is 0 Å². The van der Waals surface area contributed by atoms with E-state index in [-0.39, 0.29) is 13.2 Å². The van der Waals surface area contributed by atoms with Crippen LogP contribution >= 0.6 is 22.6 Å². The molecule has 2 rings (SSSR count). The standard InChI is InChI=1S/C11H9F3INO2/c12-11(13,14)3-4-16-8-2-1-7(15)5-9(8)18-6-10(16)17/h1-2,5H,3-4,6H2. The highest BCUT2D eigenvalue weighted by Crippen LogP contribution is 2.34. The van der Waals surface area contributed by atoms with Crippen LogP contribution in [0.1, 0.15) is 6.42 Å². The third-order valence-corrected chi connectivity index (χ3v) is 3.15. The number of ether oxygens (including phenoxy) is 1. The van der Waals surface area contributed by atoms with Crippen molar-refractivity contribution in [2.24, 2.45) is 0 Å². The second-order valence-corrected chi connectivity index (χ2v) is 5.06. The first-order chi connectivity index (χ1) is 8.37. The summed E-state index contributed by atoms with van der Waals surface area (Å²) in [5.41, 5.74) is 0.399. The van der Waals surface area contributed by atoms with Crippen LogP contribution in [-0.2, 0) is 4.79 Å². The Morgan fingerprint density at radius 2 is 2.11 bits per heavy atom. The molecule has 0 N–H and O–H groups in total. The molecule has 0 atom stereocenters. The summed E-state index contributed by atoms with van der Waals surface area (Å²) in [5.74, 6) is -0.00312. The van der Waals surface area contributed by atoms with E-state index in [9.17, 15) is 18.0 Å². The lowest BCUT2D eigenvalue weighted by atomic mass is 10.2. The van der Waals surface area contributed by atoms with Gasteiger partial charge in [-0.2, -0.15) is 13.2 Å². The lowest BCUT2D eigenvalue weighted by Crippen LogP contribution is -2.40. The van der Waals surface area contributed by atoms with Crippen LogP contribution in [0.5, 0.6) is 5.75 Å². The number of rotatable bonds is 2. The van der Waals surface area contributed by atoms with Crippen LogP contribution in [-0.4, -0.2) is 25.2 Å². The summed E-state index contributed by atoms with van der Waals surface area (Å²) in [6.45, 7) is -0.593. The van der Waals surface area contributed by atoms with Crippen LogP contribution in [0.25, 0.3) is 0 Å². The average molecular weight is 371 g/mol. The zero-order chi connectivity index (χ0) is 13.3. The molecule has 0 saturated carbocycles. The van der Waals surface area contributed by atoms with Gasteiger partial charge in [-0.05, 0) is 40.8 Å². The minimum Gasteiger partial charge on any atom is -0.482 e. The van der Waals surface area contributed by atoms with Crippen molar-refractivity contribution in [2.75, 3.05) is 18.1 Å². The Kier molecular flexibility index (Phi) is 3.69. The third kappa shape index (κ3) is 3.06. The smallest absolute Gasteiger partial charge is 0.390 e. The van der Waals surface area contributed by atoms with Gasteiger partial charge in [-0.25, -0.2) is 0 Å². The molecule has 0 aliphatic carbocycles. The molecule has 1 aliphatic heterocycles. The highest BCUT2D eigenvalue weighted by atomic mass is 127. The van der Waals surface area contributed by atoms with E-state index in [1.807, 2.05) is 0 Å². The summed E-state index contributed by atoms with van der Waals surface area (Å²) in [6.07, 6.45) is -5.30. The van der Waals surface area contributed by atoms with Gasteiger partial charge in [0.25, 0.3) is 5.91 Å². The van der Waals surface area contributed by atoms with Gasteiger partial charge in [0.2, 0.25) is 0 Å². The lowest BCUT2D eigenvalue weighted by Gasteiger charge is -2.29. The number of amides is 1. The van der Waals surface area contributed by atoms with Gasteiger partial charge in [0.15, 0.2) is 6.61 Å². The van der Waals surface area contributed by atoms with Gasteiger partial charge in [0, 0.05) is 10.1 Å². The maximum atomic E-state index is 12.2. The molecular formula is C11H9F3INO2. The maximum absolute atomic E-state index is 12.2. The van der Waals surface area contributed by atoms with Crippen molar-refractivity contribution >= 4 is 34.2 Å². The Bertz CT molecular complexity index is 476. The van der Waals surface area contributed by atoms with E-state index >= 15 is 0 Å². The first-order valence-corrected chi connectivity index (χ1v) is 6.24. The van der Waals surface area contributed by atoms with E-state index < -0.39 is 18.5 Å². The minimum absolute atomic E-state index is 0.217. The number of carbonyl (C=O) groups is 1. The summed E-state index contributed by atoms with van der Waals surface area (Å²) in [4.78, 5) is 12.7. The Labute approximate surface area is 115 Å². The zero-order valence-electron chi connectivity index (χ0n) is 9.13. The number of nitrogens with zero attached hydrogens (tertiary/aromatic N) is 1. The van der Waals surface area contributed by atoms with Crippen molar-refractivity contribution in [1.82, 2.24) is 0 Å². The van der Waals surface area contributed by atoms with Crippen LogP contribution in [0.2, 0.25) is 0 Å². The first-order valence-electron chi connectivity index (χ1n) is 5.16. The molecule has 0 saturated heterocycles. The van der Waals surface area contributed by atoms with Gasteiger partial charge in [0.1, 0.15) is 5.75 Å².